The zero-order valence-corrected chi connectivity index (χ0v) is 23.2. The minimum absolute atomic E-state index is 0.232. The van der Waals surface area contributed by atoms with E-state index in [4.69, 9.17) is 9.84 Å². The van der Waals surface area contributed by atoms with Crippen LogP contribution in [0.2, 0.25) is 0 Å². The lowest BCUT2D eigenvalue weighted by molar-refractivity contribution is -0.138. The number of carbonyl (C=O) groups is 1. The summed E-state index contributed by atoms with van der Waals surface area (Å²) in [4.78, 5) is 12.6. The van der Waals surface area contributed by atoms with Crippen LogP contribution in [0.5, 0.6) is 5.75 Å². The third kappa shape index (κ3) is 6.64. The van der Waals surface area contributed by atoms with Gasteiger partial charge in [-0.15, -0.1) is 0 Å². The number of halogens is 4. The van der Waals surface area contributed by atoms with Gasteiger partial charge in [0, 0.05) is 12.1 Å². The maximum Gasteiger partial charge on any atom is 0.418 e. The number of hydrogen-bond acceptors (Lipinski definition) is 5. The molecule has 2 unspecified atom stereocenters. The van der Waals surface area contributed by atoms with Gasteiger partial charge in [-0.3, -0.25) is 4.79 Å². The standard InChI is InChI=1S/C32H34F4N2O4/c1-2-25-18-38(31(41)37-27-13-12-24(33)17-26(27)32(34,35)36)28-14-11-23(16-29(28)42-25)22-9-7-21(8-10-22)20-5-3-19(4-6-20)15-30(39)40/h7-14,16-17,19-20,25,31,37,41H,2-6,15,18H2,1H3,(H,39,40). The summed E-state index contributed by atoms with van der Waals surface area (Å²) in [6, 6.07) is 16.1. The van der Waals surface area contributed by atoms with Crippen molar-refractivity contribution < 1.29 is 37.3 Å². The summed E-state index contributed by atoms with van der Waals surface area (Å²) in [5.74, 6) is -0.602. The van der Waals surface area contributed by atoms with Gasteiger partial charge >= 0.3 is 12.1 Å². The number of aliphatic hydroxyl groups excluding tert-OH is 1. The van der Waals surface area contributed by atoms with Gasteiger partial charge in [0.2, 0.25) is 6.35 Å². The Balaban J connectivity index is 1.33. The normalized spacial score (nSPS) is 21.3. The molecule has 1 aliphatic carbocycles. The van der Waals surface area contributed by atoms with Crippen LogP contribution >= 0.6 is 0 Å². The van der Waals surface area contributed by atoms with Crippen LogP contribution in [0, 0.1) is 11.7 Å². The van der Waals surface area contributed by atoms with E-state index in [9.17, 15) is 27.5 Å². The number of rotatable bonds is 8. The molecule has 0 aromatic heterocycles. The van der Waals surface area contributed by atoms with Crippen LogP contribution in [0.15, 0.2) is 60.7 Å². The van der Waals surface area contributed by atoms with E-state index in [2.05, 4.69) is 17.4 Å². The number of carboxylic acid groups (broad SMARTS) is 1. The molecule has 1 saturated carbocycles. The van der Waals surface area contributed by atoms with E-state index in [0.29, 0.717) is 29.8 Å². The fourth-order valence-electron chi connectivity index (χ4n) is 5.99. The number of anilines is 2. The number of ether oxygens (including phenoxy) is 1. The van der Waals surface area contributed by atoms with E-state index in [1.807, 2.05) is 31.2 Å². The molecule has 2 atom stereocenters. The monoisotopic (exact) mass is 586 g/mol. The van der Waals surface area contributed by atoms with Gasteiger partial charge in [-0.05, 0) is 91.0 Å². The summed E-state index contributed by atoms with van der Waals surface area (Å²) in [6.45, 7) is 2.16. The largest absolute Gasteiger partial charge is 0.486 e. The van der Waals surface area contributed by atoms with Crippen LogP contribution in [0.25, 0.3) is 11.1 Å². The van der Waals surface area contributed by atoms with E-state index >= 15 is 0 Å². The molecular formula is C32H34F4N2O4. The maximum atomic E-state index is 13.6. The van der Waals surface area contributed by atoms with E-state index in [0.717, 1.165) is 48.9 Å². The molecule has 3 aromatic rings. The van der Waals surface area contributed by atoms with Crippen LogP contribution in [-0.2, 0) is 11.0 Å². The Labute approximate surface area is 241 Å². The number of aliphatic carboxylic acids is 1. The Morgan fingerprint density at radius 1 is 1.02 bits per heavy atom. The predicted molar refractivity (Wildman–Crippen MR) is 152 cm³/mol. The van der Waals surface area contributed by atoms with Gasteiger partial charge in [0.1, 0.15) is 17.7 Å². The van der Waals surface area contributed by atoms with Crippen LogP contribution in [0.4, 0.5) is 28.9 Å². The number of carboxylic acids is 1. The first-order valence-corrected chi connectivity index (χ1v) is 14.2. The summed E-state index contributed by atoms with van der Waals surface area (Å²) >= 11 is 0. The molecule has 1 fully saturated rings. The quantitative estimate of drug-likeness (QED) is 0.186. The highest BCUT2D eigenvalue weighted by atomic mass is 19.4. The van der Waals surface area contributed by atoms with E-state index in [1.54, 1.807) is 11.0 Å². The number of fused-ring (bicyclic) bond motifs is 1. The van der Waals surface area contributed by atoms with Crippen molar-refractivity contribution in [3.05, 3.63) is 77.6 Å². The van der Waals surface area contributed by atoms with Crippen LogP contribution in [0.3, 0.4) is 0 Å². The van der Waals surface area contributed by atoms with Crippen molar-refractivity contribution >= 4 is 17.3 Å². The molecule has 10 heteroatoms. The molecule has 224 valence electrons. The molecule has 0 spiro atoms. The van der Waals surface area contributed by atoms with Gasteiger partial charge < -0.3 is 25.2 Å². The lowest BCUT2D eigenvalue weighted by atomic mass is 9.77. The van der Waals surface area contributed by atoms with Crippen molar-refractivity contribution in [2.75, 3.05) is 16.8 Å². The minimum atomic E-state index is -4.80. The Hall–Kier alpha value is -3.79. The van der Waals surface area contributed by atoms with Crippen LogP contribution in [-0.4, -0.2) is 35.2 Å². The van der Waals surface area contributed by atoms with Crippen molar-refractivity contribution in [1.82, 2.24) is 0 Å². The van der Waals surface area contributed by atoms with Gasteiger partial charge in [0.25, 0.3) is 0 Å². The van der Waals surface area contributed by atoms with Crippen molar-refractivity contribution in [2.45, 2.75) is 70.0 Å². The number of nitrogens with zero attached hydrogens (tertiary/aromatic N) is 1. The first-order valence-electron chi connectivity index (χ1n) is 14.2. The van der Waals surface area contributed by atoms with Gasteiger partial charge in [0.15, 0.2) is 0 Å². The van der Waals surface area contributed by atoms with E-state index < -0.39 is 35.6 Å². The summed E-state index contributed by atoms with van der Waals surface area (Å²) < 4.78 is 60.3. The van der Waals surface area contributed by atoms with E-state index in [1.165, 1.54) is 5.56 Å². The maximum absolute atomic E-state index is 13.6. The molecule has 1 aliphatic heterocycles. The second-order valence-corrected chi connectivity index (χ2v) is 11.1. The highest BCUT2D eigenvalue weighted by Gasteiger charge is 2.36. The molecule has 2 aliphatic rings. The molecule has 1 heterocycles. The van der Waals surface area contributed by atoms with E-state index in [-0.39, 0.29) is 25.0 Å². The molecule has 0 saturated heterocycles. The third-order valence-corrected chi connectivity index (χ3v) is 8.31. The number of benzene rings is 3. The summed E-state index contributed by atoms with van der Waals surface area (Å²) in [5.41, 5.74) is 1.98. The first-order chi connectivity index (χ1) is 20.0. The van der Waals surface area contributed by atoms with Gasteiger partial charge in [-0.25, -0.2) is 4.39 Å². The zero-order chi connectivity index (χ0) is 30.0. The van der Waals surface area contributed by atoms with Crippen molar-refractivity contribution in [1.29, 1.82) is 0 Å². The molecule has 0 bridgehead atoms. The van der Waals surface area contributed by atoms with Crippen molar-refractivity contribution in [3.8, 4) is 16.9 Å². The molecule has 5 rings (SSSR count). The average Bonchev–Trinajstić information content (AvgIpc) is 2.96. The van der Waals surface area contributed by atoms with Gasteiger partial charge in [-0.2, -0.15) is 13.2 Å². The molecular weight excluding hydrogens is 552 g/mol. The lowest BCUT2D eigenvalue weighted by Crippen LogP contribution is -2.49. The molecule has 42 heavy (non-hydrogen) atoms. The Morgan fingerprint density at radius 3 is 2.36 bits per heavy atom. The van der Waals surface area contributed by atoms with Crippen molar-refractivity contribution in [3.63, 3.8) is 0 Å². The molecule has 3 aromatic carbocycles. The molecule has 0 radical (unpaired) electrons. The van der Waals surface area contributed by atoms with Gasteiger partial charge in [-0.1, -0.05) is 37.3 Å². The second-order valence-electron chi connectivity index (χ2n) is 11.1. The fraction of sp³-hybridized carbons (Fsp3) is 0.406. The Bertz CT molecular complexity index is 1400. The molecule has 6 nitrogen and oxygen atoms in total. The van der Waals surface area contributed by atoms with Crippen LogP contribution < -0.4 is 15.0 Å². The Kier molecular flexibility index (Phi) is 8.63. The fourth-order valence-corrected chi connectivity index (χ4v) is 5.99. The first kappa shape index (κ1) is 29.7. The Morgan fingerprint density at radius 2 is 1.71 bits per heavy atom. The topological polar surface area (TPSA) is 82.0 Å². The van der Waals surface area contributed by atoms with Crippen molar-refractivity contribution in [2.24, 2.45) is 5.92 Å². The summed E-state index contributed by atoms with van der Waals surface area (Å²) in [7, 11) is 0. The average molecular weight is 587 g/mol. The summed E-state index contributed by atoms with van der Waals surface area (Å²) in [5, 5.41) is 22.6. The number of alkyl halides is 3. The molecule has 3 N–H and O–H groups in total. The molecule has 0 amide bonds. The second kappa shape index (κ2) is 12.2. The minimum Gasteiger partial charge on any atom is -0.486 e. The SMILES string of the molecule is CCC1CN(C(O)Nc2ccc(F)cc2C(F)(F)F)c2ccc(-c3ccc(C4CCC(CC(=O)O)CC4)cc3)cc2O1. The highest BCUT2D eigenvalue weighted by Crippen LogP contribution is 2.41. The highest BCUT2D eigenvalue weighted by molar-refractivity contribution is 5.73. The summed E-state index contributed by atoms with van der Waals surface area (Å²) in [6.07, 6.45) is -2.03. The lowest BCUT2D eigenvalue weighted by Gasteiger charge is -2.39. The number of nitrogens with one attached hydrogen (secondary N) is 1. The third-order valence-electron chi connectivity index (χ3n) is 8.31. The number of hydrogen-bond donors (Lipinski definition) is 3. The predicted octanol–water partition coefficient (Wildman–Crippen LogP) is 7.63. The van der Waals surface area contributed by atoms with Crippen LogP contribution in [0.1, 0.15) is 62.5 Å². The zero-order valence-electron chi connectivity index (χ0n) is 23.2. The van der Waals surface area contributed by atoms with Gasteiger partial charge in [0.05, 0.1) is 17.8 Å². The number of aliphatic hydroxyl groups is 1. The smallest absolute Gasteiger partial charge is 0.418 e.